The zero-order chi connectivity index (χ0) is 38.0. The lowest BCUT2D eigenvalue weighted by atomic mass is 9.98. The third kappa shape index (κ3) is 5.99. The Morgan fingerprint density at radius 2 is 1.55 bits per heavy atom. The number of nitrogens with one attached hydrogen (secondary N) is 3. The van der Waals surface area contributed by atoms with Gasteiger partial charge in [0.1, 0.15) is 6.04 Å². The fraction of sp³-hybridized carbons (Fsp3) is 0.333. The average Bonchev–Trinajstić information content (AvgIpc) is 3.86. The summed E-state index contributed by atoms with van der Waals surface area (Å²) in [5, 5.41) is 2.27. The number of hydrogen-bond acceptors (Lipinski definition) is 9. The number of Topliss-reactive ketones (excluding diaryl/α,β-unsaturated/α-hetero) is 1. The molecule has 3 N–H and O–H groups in total. The number of benzene rings is 3. The van der Waals surface area contributed by atoms with Crippen molar-refractivity contribution in [2.24, 2.45) is 0 Å². The van der Waals surface area contributed by atoms with E-state index < -0.39 is 23.8 Å². The summed E-state index contributed by atoms with van der Waals surface area (Å²) in [6, 6.07) is 21.1. The van der Waals surface area contributed by atoms with Crippen molar-refractivity contribution in [3.05, 3.63) is 89.1 Å². The van der Waals surface area contributed by atoms with E-state index in [1.165, 1.54) is 0 Å². The van der Waals surface area contributed by atoms with E-state index >= 15 is 0 Å². The summed E-state index contributed by atoms with van der Waals surface area (Å²) in [5.74, 6) is -1.23. The van der Waals surface area contributed by atoms with Crippen molar-refractivity contribution in [2.75, 3.05) is 49.1 Å². The zero-order valence-electron chi connectivity index (χ0n) is 30.9. The number of imide groups is 2. The van der Waals surface area contributed by atoms with Crippen LogP contribution < -0.4 is 15.1 Å². The molecular weight excluding hydrogens is 697 g/mol. The predicted octanol–water partition coefficient (Wildman–Crippen LogP) is 4.93. The lowest BCUT2D eigenvalue weighted by molar-refractivity contribution is -0.136. The van der Waals surface area contributed by atoms with Gasteiger partial charge in [0.15, 0.2) is 11.6 Å². The molecule has 5 aromatic rings. The normalized spacial score (nSPS) is 19.7. The quantitative estimate of drug-likeness (QED) is 0.156. The summed E-state index contributed by atoms with van der Waals surface area (Å²) in [7, 11) is 0. The largest absolute Gasteiger partial charge is 0.371 e. The molecule has 4 aliphatic heterocycles. The smallest absolute Gasteiger partial charge is 0.264 e. The number of anilines is 2. The number of amides is 4. The first-order chi connectivity index (χ1) is 26.7. The standard InChI is InChI=1S/C42H42N8O5/c1-24-35(25(2)51)36(26-7-4-3-5-8-26)38(43-24)39-44-30-12-11-28(23-31(30)45-39)48-21-19-47(20-22-48)27-15-17-49(18-16-27)32-10-6-9-29-37(32)42(55)50(41(29)54)33-13-14-34(52)46-40(33)53/h3-12,23,27,33,43H,13-22H2,1-2H3,(H,44,45)(H,46,52,53). The highest BCUT2D eigenvalue weighted by atomic mass is 16.2. The number of ketones is 1. The van der Waals surface area contributed by atoms with Crippen LogP contribution in [-0.2, 0) is 9.59 Å². The van der Waals surface area contributed by atoms with Crippen molar-refractivity contribution in [3.63, 3.8) is 0 Å². The van der Waals surface area contributed by atoms with Crippen molar-refractivity contribution in [2.45, 2.75) is 51.6 Å². The number of piperazine rings is 1. The number of aromatic amines is 2. The summed E-state index contributed by atoms with van der Waals surface area (Å²) in [6.45, 7) is 8.67. The second-order valence-electron chi connectivity index (χ2n) is 15.0. The summed E-state index contributed by atoms with van der Waals surface area (Å²) in [4.78, 5) is 84.2. The number of aromatic nitrogens is 3. The van der Waals surface area contributed by atoms with E-state index in [1.54, 1.807) is 19.1 Å². The summed E-state index contributed by atoms with van der Waals surface area (Å²) in [6.07, 6.45) is 2.09. The van der Waals surface area contributed by atoms with E-state index in [4.69, 9.17) is 4.98 Å². The molecule has 3 aromatic carbocycles. The Morgan fingerprint density at radius 1 is 0.782 bits per heavy atom. The monoisotopic (exact) mass is 738 g/mol. The first kappa shape index (κ1) is 34.7. The zero-order valence-corrected chi connectivity index (χ0v) is 30.9. The van der Waals surface area contributed by atoms with Gasteiger partial charge >= 0.3 is 0 Å². The van der Waals surface area contributed by atoms with Crippen LogP contribution in [0.25, 0.3) is 33.7 Å². The summed E-state index contributed by atoms with van der Waals surface area (Å²) >= 11 is 0. The van der Waals surface area contributed by atoms with Gasteiger partial charge < -0.3 is 19.8 Å². The number of piperidine rings is 2. The molecule has 1 atom stereocenters. The van der Waals surface area contributed by atoms with Crippen molar-refractivity contribution in [3.8, 4) is 22.6 Å². The van der Waals surface area contributed by atoms with Crippen LogP contribution in [0.15, 0.2) is 66.7 Å². The van der Waals surface area contributed by atoms with Crippen molar-refractivity contribution in [1.82, 2.24) is 30.1 Å². The molecule has 13 heteroatoms. The number of aryl methyl sites for hydroxylation is 1. The minimum atomic E-state index is -0.981. The van der Waals surface area contributed by atoms with Gasteiger partial charge in [-0.05, 0) is 69.0 Å². The van der Waals surface area contributed by atoms with Crippen LogP contribution in [0.3, 0.4) is 0 Å². The van der Waals surface area contributed by atoms with Crippen LogP contribution in [-0.4, -0.2) is 106 Å². The molecule has 0 saturated carbocycles. The molecule has 4 amide bonds. The number of nitrogens with zero attached hydrogens (tertiary/aromatic N) is 5. The van der Waals surface area contributed by atoms with Crippen LogP contribution in [0.2, 0.25) is 0 Å². The highest BCUT2D eigenvalue weighted by Crippen LogP contribution is 2.38. The Balaban J connectivity index is 0.853. The Hall–Kier alpha value is -6.08. The van der Waals surface area contributed by atoms with Crippen LogP contribution in [0.1, 0.15) is 69.4 Å². The molecule has 55 heavy (non-hydrogen) atoms. The van der Waals surface area contributed by atoms with Crippen LogP contribution >= 0.6 is 0 Å². The maximum absolute atomic E-state index is 13.7. The molecule has 1 unspecified atom stereocenters. The van der Waals surface area contributed by atoms with Gasteiger partial charge in [-0.3, -0.25) is 39.1 Å². The van der Waals surface area contributed by atoms with E-state index in [-0.39, 0.29) is 24.5 Å². The lowest BCUT2D eigenvalue weighted by Crippen LogP contribution is -2.54. The molecule has 280 valence electrons. The van der Waals surface area contributed by atoms with Gasteiger partial charge in [-0.25, -0.2) is 4.98 Å². The first-order valence-electron chi connectivity index (χ1n) is 19.0. The summed E-state index contributed by atoms with van der Waals surface area (Å²) in [5.41, 5.74) is 8.45. The molecule has 3 fully saturated rings. The highest BCUT2D eigenvalue weighted by molar-refractivity contribution is 6.25. The van der Waals surface area contributed by atoms with Crippen molar-refractivity contribution < 1.29 is 24.0 Å². The molecule has 6 heterocycles. The predicted molar refractivity (Wildman–Crippen MR) is 208 cm³/mol. The Kier molecular flexibility index (Phi) is 8.60. The number of carbonyl (C=O) groups excluding carboxylic acids is 5. The minimum absolute atomic E-state index is 0.00979. The highest BCUT2D eigenvalue weighted by Gasteiger charge is 2.46. The number of carbonyl (C=O) groups is 5. The van der Waals surface area contributed by atoms with Gasteiger partial charge in [-0.2, -0.15) is 0 Å². The molecule has 4 aliphatic rings. The van der Waals surface area contributed by atoms with Gasteiger partial charge in [0.05, 0.1) is 33.5 Å². The Bertz CT molecular complexity index is 2380. The SMILES string of the molecule is CC(=O)c1c(C)[nH]c(-c2nc3ccc(N4CCN(C5CCN(c6cccc7c6C(=O)N(C6CCC(=O)NC6=O)C7=O)CC5)CC4)cc3[nH]2)c1-c1ccccc1. The van der Waals surface area contributed by atoms with Crippen LogP contribution in [0, 0.1) is 6.92 Å². The Morgan fingerprint density at radius 3 is 2.27 bits per heavy atom. The molecule has 0 spiro atoms. The fourth-order valence-electron chi connectivity index (χ4n) is 9.03. The van der Waals surface area contributed by atoms with E-state index in [9.17, 15) is 24.0 Å². The number of hydrogen-bond donors (Lipinski definition) is 3. The van der Waals surface area contributed by atoms with E-state index in [2.05, 4.69) is 48.2 Å². The van der Waals surface area contributed by atoms with Gasteiger partial charge in [-0.1, -0.05) is 36.4 Å². The van der Waals surface area contributed by atoms with Gasteiger partial charge in [0.2, 0.25) is 11.8 Å². The third-order valence-electron chi connectivity index (χ3n) is 11.8. The summed E-state index contributed by atoms with van der Waals surface area (Å²) < 4.78 is 0. The molecule has 0 bridgehead atoms. The van der Waals surface area contributed by atoms with Crippen molar-refractivity contribution >= 4 is 51.8 Å². The van der Waals surface area contributed by atoms with E-state index in [1.807, 2.05) is 43.3 Å². The second kappa shape index (κ2) is 13.6. The van der Waals surface area contributed by atoms with Gasteiger partial charge in [0.25, 0.3) is 11.8 Å². The molecule has 0 aliphatic carbocycles. The maximum Gasteiger partial charge on any atom is 0.264 e. The van der Waals surface area contributed by atoms with Gasteiger partial charge in [0, 0.05) is 74.2 Å². The number of H-pyrrole nitrogens is 2. The maximum atomic E-state index is 13.7. The van der Waals surface area contributed by atoms with Gasteiger partial charge in [-0.15, -0.1) is 0 Å². The number of imidazole rings is 1. The molecular formula is C42H42N8O5. The molecule has 0 radical (unpaired) electrons. The third-order valence-corrected chi connectivity index (χ3v) is 11.8. The average molecular weight is 739 g/mol. The number of fused-ring (bicyclic) bond motifs is 2. The van der Waals surface area contributed by atoms with E-state index in [0.717, 1.165) is 102 Å². The molecule has 9 rings (SSSR count). The molecule has 3 saturated heterocycles. The Labute approximate surface area is 317 Å². The van der Waals surface area contributed by atoms with Crippen LogP contribution in [0.5, 0.6) is 0 Å². The van der Waals surface area contributed by atoms with E-state index in [0.29, 0.717) is 28.6 Å². The fourth-order valence-corrected chi connectivity index (χ4v) is 9.03. The van der Waals surface area contributed by atoms with Crippen LogP contribution in [0.4, 0.5) is 11.4 Å². The number of rotatable bonds is 7. The minimum Gasteiger partial charge on any atom is -0.371 e. The second-order valence-corrected chi connectivity index (χ2v) is 15.0. The lowest BCUT2D eigenvalue weighted by Gasteiger charge is -2.44. The molecule has 2 aromatic heterocycles. The first-order valence-corrected chi connectivity index (χ1v) is 19.0. The van der Waals surface area contributed by atoms with Crippen molar-refractivity contribution in [1.29, 1.82) is 0 Å². The molecule has 13 nitrogen and oxygen atoms in total. The topological polar surface area (TPSA) is 155 Å².